The van der Waals surface area contributed by atoms with Gasteiger partial charge in [0.2, 0.25) is 11.8 Å². The van der Waals surface area contributed by atoms with Crippen molar-refractivity contribution in [2.24, 2.45) is 11.5 Å². The number of rotatable bonds is 7. The molecule has 0 radical (unpaired) electrons. The van der Waals surface area contributed by atoms with E-state index in [4.69, 9.17) is 16.6 Å². The van der Waals surface area contributed by atoms with Gasteiger partial charge in [0.25, 0.3) is 0 Å². The van der Waals surface area contributed by atoms with E-state index in [-0.39, 0.29) is 12.8 Å². The third-order valence-electron chi connectivity index (χ3n) is 2.07. The fourth-order valence-electron chi connectivity index (χ4n) is 1.01. The Morgan fingerprint density at radius 1 is 1.38 bits per heavy atom. The number of carboxylic acids is 1. The molecule has 0 rings (SSSR count). The molecule has 0 heterocycles. The van der Waals surface area contributed by atoms with Crippen LogP contribution in [0.25, 0.3) is 0 Å². The van der Waals surface area contributed by atoms with Crippen LogP contribution in [-0.4, -0.2) is 35.0 Å². The van der Waals surface area contributed by atoms with Crippen LogP contribution in [0.3, 0.4) is 0 Å². The van der Waals surface area contributed by atoms with E-state index in [9.17, 15) is 14.4 Å². The molecular weight excluding hydrogens is 214 g/mol. The molecular formula is C9H17N3O4. The summed E-state index contributed by atoms with van der Waals surface area (Å²) in [6.07, 6.45) is 0.277. The quantitative estimate of drug-likeness (QED) is 0.425. The van der Waals surface area contributed by atoms with Crippen LogP contribution in [0.5, 0.6) is 0 Å². The molecule has 0 aliphatic carbocycles. The predicted molar refractivity (Wildman–Crippen MR) is 56.3 cm³/mol. The van der Waals surface area contributed by atoms with Crippen molar-refractivity contribution < 1.29 is 19.5 Å². The number of nitrogens with one attached hydrogen (secondary N) is 1. The lowest BCUT2D eigenvalue weighted by atomic mass is 10.1. The Morgan fingerprint density at radius 2 is 1.94 bits per heavy atom. The number of carbonyl (C=O) groups excluding carboxylic acids is 2. The third kappa shape index (κ3) is 5.30. The Bertz CT molecular complexity index is 280. The molecule has 0 saturated carbocycles. The van der Waals surface area contributed by atoms with Gasteiger partial charge >= 0.3 is 5.97 Å². The van der Waals surface area contributed by atoms with Crippen molar-refractivity contribution >= 4 is 17.8 Å². The van der Waals surface area contributed by atoms with E-state index in [0.29, 0.717) is 6.42 Å². The number of amides is 2. The lowest BCUT2D eigenvalue weighted by Gasteiger charge is -2.16. The largest absolute Gasteiger partial charge is 0.480 e. The number of aliphatic carboxylic acids is 1. The lowest BCUT2D eigenvalue weighted by Crippen LogP contribution is -2.48. The predicted octanol–water partition coefficient (Wildman–Crippen LogP) is -1.44. The van der Waals surface area contributed by atoms with Gasteiger partial charge in [-0.05, 0) is 12.8 Å². The van der Waals surface area contributed by atoms with Gasteiger partial charge in [-0.25, -0.2) is 4.79 Å². The van der Waals surface area contributed by atoms with Crippen LogP contribution in [0.15, 0.2) is 0 Å². The first-order valence-electron chi connectivity index (χ1n) is 4.95. The maximum absolute atomic E-state index is 11.3. The SMILES string of the molecule is CC[C@H](N)C(=O)NC(CCC(N)=O)C(=O)O. The van der Waals surface area contributed by atoms with Gasteiger partial charge in [-0.3, -0.25) is 9.59 Å². The fourth-order valence-corrected chi connectivity index (χ4v) is 1.01. The minimum Gasteiger partial charge on any atom is -0.480 e. The fraction of sp³-hybridized carbons (Fsp3) is 0.667. The lowest BCUT2D eigenvalue weighted by molar-refractivity contribution is -0.142. The van der Waals surface area contributed by atoms with Crippen molar-refractivity contribution in [2.75, 3.05) is 0 Å². The smallest absolute Gasteiger partial charge is 0.326 e. The summed E-state index contributed by atoms with van der Waals surface area (Å²) in [6.45, 7) is 1.71. The number of hydrogen-bond donors (Lipinski definition) is 4. The van der Waals surface area contributed by atoms with Crippen LogP contribution in [0, 0.1) is 0 Å². The van der Waals surface area contributed by atoms with Crippen LogP contribution in [0.1, 0.15) is 26.2 Å². The molecule has 7 nitrogen and oxygen atoms in total. The first kappa shape index (κ1) is 14.4. The summed E-state index contributed by atoms with van der Waals surface area (Å²) in [5.74, 6) is -2.36. The summed E-state index contributed by atoms with van der Waals surface area (Å²) in [6, 6.07) is -1.87. The van der Waals surface area contributed by atoms with E-state index >= 15 is 0 Å². The highest BCUT2D eigenvalue weighted by Gasteiger charge is 2.22. The number of primary amides is 1. The summed E-state index contributed by atoms with van der Waals surface area (Å²) in [5.41, 5.74) is 10.3. The zero-order valence-corrected chi connectivity index (χ0v) is 9.10. The van der Waals surface area contributed by atoms with Crippen molar-refractivity contribution in [3.63, 3.8) is 0 Å². The van der Waals surface area contributed by atoms with Crippen LogP contribution in [0.2, 0.25) is 0 Å². The minimum absolute atomic E-state index is 0.0349. The topological polar surface area (TPSA) is 136 Å². The van der Waals surface area contributed by atoms with Gasteiger partial charge in [0.15, 0.2) is 0 Å². The molecule has 6 N–H and O–H groups in total. The molecule has 16 heavy (non-hydrogen) atoms. The van der Waals surface area contributed by atoms with E-state index in [2.05, 4.69) is 5.32 Å². The summed E-state index contributed by atoms with van der Waals surface area (Å²) in [5, 5.41) is 11.0. The van der Waals surface area contributed by atoms with E-state index in [1.165, 1.54) is 0 Å². The monoisotopic (exact) mass is 231 g/mol. The highest BCUT2D eigenvalue weighted by Crippen LogP contribution is 1.98. The maximum atomic E-state index is 11.3. The second kappa shape index (κ2) is 6.78. The highest BCUT2D eigenvalue weighted by atomic mass is 16.4. The van der Waals surface area contributed by atoms with E-state index in [0.717, 1.165) is 0 Å². The molecule has 0 aromatic carbocycles. The first-order chi connectivity index (χ1) is 7.38. The first-order valence-corrected chi connectivity index (χ1v) is 4.95. The summed E-state index contributed by atoms with van der Waals surface area (Å²) in [7, 11) is 0. The van der Waals surface area contributed by atoms with E-state index in [1.807, 2.05) is 0 Å². The van der Waals surface area contributed by atoms with Crippen molar-refractivity contribution in [2.45, 2.75) is 38.3 Å². The number of carbonyl (C=O) groups is 3. The summed E-state index contributed by atoms with van der Waals surface area (Å²) in [4.78, 5) is 32.6. The third-order valence-corrected chi connectivity index (χ3v) is 2.07. The Labute approximate surface area is 93.2 Å². The number of nitrogens with two attached hydrogens (primary N) is 2. The van der Waals surface area contributed by atoms with Gasteiger partial charge < -0.3 is 21.9 Å². The zero-order valence-electron chi connectivity index (χ0n) is 9.10. The molecule has 2 atom stereocenters. The summed E-state index contributed by atoms with van der Waals surface area (Å²) < 4.78 is 0. The molecule has 0 aromatic heterocycles. The molecule has 0 aromatic rings. The Morgan fingerprint density at radius 3 is 2.31 bits per heavy atom. The number of carboxylic acid groups (broad SMARTS) is 1. The Kier molecular flexibility index (Phi) is 6.09. The summed E-state index contributed by atoms with van der Waals surface area (Å²) >= 11 is 0. The molecule has 0 fully saturated rings. The normalized spacial score (nSPS) is 13.9. The molecule has 2 amide bonds. The van der Waals surface area contributed by atoms with Crippen molar-refractivity contribution in [1.82, 2.24) is 5.32 Å². The van der Waals surface area contributed by atoms with Gasteiger partial charge in [0.05, 0.1) is 6.04 Å². The van der Waals surface area contributed by atoms with Crippen LogP contribution < -0.4 is 16.8 Å². The molecule has 0 spiro atoms. The Hall–Kier alpha value is -1.63. The van der Waals surface area contributed by atoms with Gasteiger partial charge in [0.1, 0.15) is 6.04 Å². The van der Waals surface area contributed by atoms with Crippen LogP contribution >= 0.6 is 0 Å². The van der Waals surface area contributed by atoms with Crippen LogP contribution in [-0.2, 0) is 14.4 Å². The molecule has 0 bridgehead atoms. The van der Waals surface area contributed by atoms with Gasteiger partial charge in [-0.2, -0.15) is 0 Å². The molecule has 0 saturated heterocycles. The van der Waals surface area contributed by atoms with Gasteiger partial charge in [0, 0.05) is 6.42 Å². The van der Waals surface area contributed by atoms with Gasteiger partial charge in [-0.1, -0.05) is 6.92 Å². The number of hydrogen-bond acceptors (Lipinski definition) is 4. The molecule has 0 aliphatic heterocycles. The maximum Gasteiger partial charge on any atom is 0.326 e. The van der Waals surface area contributed by atoms with Crippen molar-refractivity contribution in [1.29, 1.82) is 0 Å². The average molecular weight is 231 g/mol. The second-order valence-electron chi connectivity index (χ2n) is 3.42. The Balaban J connectivity index is 4.28. The molecule has 1 unspecified atom stereocenters. The zero-order chi connectivity index (χ0) is 12.7. The van der Waals surface area contributed by atoms with Crippen LogP contribution in [0.4, 0.5) is 0 Å². The molecule has 7 heteroatoms. The molecule has 0 aliphatic rings. The average Bonchev–Trinajstić information content (AvgIpc) is 2.21. The second-order valence-corrected chi connectivity index (χ2v) is 3.42. The molecule has 92 valence electrons. The van der Waals surface area contributed by atoms with Gasteiger partial charge in [-0.15, -0.1) is 0 Å². The standard InChI is InChI=1S/C9H17N3O4/c1-2-5(10)8(14)12-6(9(15)16)3-4-7(11)13/h5-6H,2-4,10H2,1H3,(H2,11,13)(H,12,14)(H,15,16)/t5-,6?/m0/s1. The van der Waals surface area contributed by atoms with E-state index in [1.54, 1.807) is 6.92 Å². The van der Waals surface area contributed by atoms with E-state index < -0.39 is 29.9 Å². The van der Waals surface area contributed by atoms with Crippen molar-refractivity contribution in [3.8, 4) is 0 Å². The van der Waals surface area contributed by atoms with Crippen molar-refractivity contribution in [3.05, 3.63) is 0 Å². The highest BCUT2D eigenvalue weighted by molar-refractivity contribution is 5.87. The minimum atomic E-state index is -1.21.